The monoisotopic (exact) mass is 284 g/mol. The molecule has 0 spiro atoms. The van der Waals surface area contributed by atoms with Crippen LogP contribution in [0, 0.1) is 0 Å². The number of rotatable bonds is 5. The SMILES string of the molecule is ClCCc1oc2ccccc2c1CCc1ccccc1. The van der Waals surface area contributed by atoms with Crippen molar-refractivity contribution < 1.29 is 4.42 Å². The highest BCUT2D eigenvalue weighted by Gasteiger charge is 2.13. The predicted octanol–water partition coefficient (Wildman–Crippen LogP) is 5.00. The second-order valence-corrected chi connectivity index (χ2v) is 5.30. The van der Waals surface area contributed by atoms with E-state index in [0.29, 0.717) is 5.88 Å². The van der Waals surface area contributed by atoms with Crippen LogP contribution in [0.1, 0.15) is 16.9 Å². The maximum Gasteiger partial charge on any atom is 0.134 e. The maximum atomic E-state index is 5.94. The summed E-state index contributed by atoms with van der Waals surface area (Å²) in [5, 5.41) is 1.23. The number of para-hydroxylation sites is 1. The van der Waals surface area contributed by atoms with Gasteiger partial charge in [-0.2, -0.15) is 0 Å². The summed E-state index contributed by atoms with van der Waals surface area (Å²) in [6.07, 6.45) is 2.81. The molecule has 1 heterocycles. The molecule has 20 heavy (non-hydrogen) atoms. The first-order valence-electron chi connectivity index (χ1n) is 6.97. The third-order valence-electron chi connectivity index (χ3n) is 3.61. The van der Waals surface area contributed by atoms with Crippen LogP contribution in [-0.4, -0.2) is 5.88 Å². The number of hydrogen-bond acceptors (Lipinski definition) is 1. The van der Waals surface area contributed by atoms with Gasteiger partial charge >= 0.3 is 0 Å². The molecule has 0 saturated carbocycles. The third-order valence-corrected chi connectivity index (χ3v) is 3.80. The van der Waals surface area contributed by atoms with Gasteiger partial charge in [0, 0.05) is 23.3 Å². The molecule has 0 aliphatic heterocycles. The molecule has 2 heteroatoms. The molecule has 1 nitrogen and oxygen atoms in total. The Morgan fingerprint density at radius 1 is 0.800 bits per heavy atom. The molecule has 0 saturated heterocycles. The van der Waals surface area contributed by atoms with E-state index in [-0.39, 0.29) is 0 Å². The number of alkyl halides is 1. The van der Waals surface area contributed by atoms with E-state index in [9.17, 15) is 0 Å². The molecule has 102 valence electrons. The number of furan rings is 1. The Bertz CT molecular complexity index is 685. The summed E-state index contributed by atoms with van der Waals surface area (Å²) in [7, 11) is 0. The highest BCUT2D eigenvalue weighted by Crippen LogP contribution is 2.27. The summed E-state index contributed by atoms with van der Waals surface area (Å²) in [5.41, 5.74) is 3.63. The highest BCUT2D eigenvalue weighted by atomic mass is 35.5. The number of aryl methyl sites for hydroxylation is 3. The molecule has 2 aromatic carbocycles. The first-order chi connectivity index (χ1) is 9.88. The molecule has 0 bridgehead atoms. The molecule has 0 N–H and O–H groups in total. The summed E-state index contributed by atoms with van der Waals surface area (Å²) in [6, 6.07) is 18.8. The van der Waals surface area contributed by atoms with Gasteiger partial charge in [-0.1, -0.05) is 48.5 Å². The zero-order valence-corrected chi connectivity index (χ0v) is 12.1. The number of halogens is 1. The second kappa shape index (κ2) is 6.15. The van der Waals surface area contributed by atoms with Gasteiger partial charge in [-0.25, -0.2) is 0 Å². The Kier molecular flexibility index (Phi) is 4.08. The van der Waals surface area contributed by atoms with E-state index in [1.807, 2.05) is 12.1 Å². The van der Waals surface area contributed by atoms with E-state index in [0.717, 1.165) is 30.6 Å². The predicted molar refractivity (Wildman–Crippen MR) is 84.5 cm³/mol. The summed E-state index contributed by atoms with van der Waals surface area (Å²) in [5.74, 6) is 1.63. The molecule has 0 radical (unpaired) electrons. The maximum absolute atomic E-state index is 5.94. The van der Waals surface area contributed by atoms with Crippen LogP contribution < -0.4 is 0 Å². The van der Waals surface area contributed by atoms with Crippen molar-refractivity contribution in [2.45, 2.75) is 19.3 Å². The summed E-state index contributed by atoms with van der Waals surface area (Å²) in [6.45, 7) is 0. The lowest BCUT2D eigenvalue weighted by Gasteiger charge is -2.03. The van der Waals surface area contributed by atoms with Gasteiger partial charge in [0.25, 0.3) is 0 Å². The van der Waals surface area contributed by atoms with Crippen molar-refractivity contribution in [3.8, 4) is 0 Å². The van der Waals surface area contributed by atoms with E-state index in [1.165, 1.54) is 16.5 Å². The molecule has 0 aliphatic carbocycles. The van der Waals surface area contributed by atoms with Gasteiger partial charge in [0.2, 0.25) is 0 Å². The van der Waals surface area contributed by atoms with E-state index in [1.54, 1.807) is 0 Å². The summed E-state index contributed by atoms with van der Waals surface area (Å²) in [4.78, 5) is 0. The minimum Gasteiger partial charge on any atom is -0.461 e. The molecule has 3 aromatic rings. The Morgan fingerprint density at radius 2 is 1.55 bits per heavy atom. The number of fused-ring (bicyclic) bond motifs is 1. The van der Waals surface area contributed by atoms with Gasteiger partial charge in [-0.15, -0.1) is 11.6 Å². The molecule has 3 rings (SSSR count). The van der Waals surface area contributed by atoms with Crippen LogP contribution in [0.5, 0.6) is 0 Å². The van der Waals surface area contributed by atoms with Gasteiger partial charge in [0.15, 0.2) is 0 Å². The van der Waals surface area contributed by atoms with Crippen LogP contribution in [0.3, 0.4) is 0 Å². The fourth-order valence-corrected chi connectivity index (χ4v) is 2.80. The molecule has 0 unspecified atom stereocenters. The lowest BCUT2D eigenvalue weighted by atomic mass is 10.0. The minimum absolute atomic E-state index is 0.595. The van der Waals surface area contributed by atoms with E-state index >= 15 is 0 Å². The average Bonchev–Trinajstić information content (AvgIpc) is 2.84. The quantitative estimate of drug-likeness (QED) is 0.601. The molecular weight excluding hydrogens is 268 g/mol. The third kappa shape index (κ3) is 2.73. The van der Waals surface area contributed by atoms with Crippen LogP contribution >= 0.6 is 11.6 Å². The van der Waals surface area contributed by atoms with Crippen molar-refractivity contribution in [1.29, 1.82) is 0 Å². The topological polar surface area (TPSA) is 13.1 Å². The van der Waals surface area contributed by atoms with Crippen molar-refractivity contribution in [3.63, 3.8) is 0 Å². The molecule has 1 aromatic heterocycles. The van der Waals surface area contributed by atoms with Gasteiger partial charge in [0.05, 0.1) is 0 Å². The molecular formula is C18H17ClO. The van der Waals surface area contributed by atoms with Gasteiger partial charge in [-0.3, -0.25) is 0 Å². The molecule has 0 aliphatic rings. The molecule has 0 fully saturated rings. The Morgan fingerprint density at radius 3 is 2.35 bits per heavy atom. The number of benzene rings is 2. The highest BCUT2D eigenvalue weighted by molar-refractivity contribution is 6.18. The zero-order chi connectivity index (χ0) is 13.8. The lowest BCUT2D eigenvalue weighted by Crippen LogP contribution is -1.95. The Balaban J connectivity index is 1.90. The van der Waals surface area contributed by atoms with Crippen LogP contribution in [0.4, 0.5) is 0 Å². The molecule has 0 atom stereocenters. The van der Waals surface area contributed by atoms with E-state index < -0.39 is 0 Å². The summed E-state index contributed by atoms with van der Waals surface area (Å²) >= 11 is 5.89. The zero-order valence-electron chi connectivity index (χ0n) is 11.3. The standard InChI is InChI=1S/C18H17ClO/c19-13-12-18-16(11-10-14-6-2-1-3-7-14)15-8-4-5-9-17(15)20-18/h1-9H,10-13H2. The van der Waals surface area contributed by atoms with Crippen molar-refractivity contribution in [2.75, 3.05) is 5.88 Å². The normalized spacial score (nSPS) is 11.1. The lowest BCUT2D eigenvalue weighted by molar-refractivity contribution is 0.551. The largest absolute Gasteiger partial charge is 0.461 e. The fraction of sp³-hybridized carbons (Fsp3) is 0.222. The first-order valence-corrected chi connectivity index (χ1v) is 7.51. The van der Waals surface area contributed by atoms with Crippen molar-refractivity contribution in [1.82, 2.24) is 0 Å². The Labute approximate surface area is 124 Å². The van der Waals surface area contributed by atoms with Crippen molar-refractivity contribution >= 4 is 22.6 Å². The van der Waals surface area contributed by atoms with Crippen LogP contribution in [0.15, 0.2) is 59.0 Å². The second-order valence-electron chi connectivity index (χ2n) is 4.92. The van der Waals surface area contributed by atoms with Crippen molar-refractivity contribution in [3.05, 3.63) is 71.5 Å². The fourth-order valence-electron chi connectivity index (χ4n) is 2.63. The van der Waals surface area contributed by atoms with Gasteiger partial charge < -0.3 is 4.42 Å². The van der Waals surface area contributed by atoms with E-state index in [2.05, 4.69) is 42.5 Å². The smallest absolute Gasteiger partial charge is 0.134 e. The average molecular weight is 285 g/mol. The molecule has 0 amide bonds. The van der Waals surface area contributed by atoms with Gasteiger partial charge in [0.1, 0.15) is 11.3 Å². The Hall–Kier alpha value is -1.73. The minimum atomic E-state index is 0.595. The first kappa shape index (κ1) is 13.3. The summed E-state index contributed by atoms with van der Waals surface area (Å²) < 4.78 is 5.94. The van der Waals surface area contributed by atoms with E-state index in [4.69, 9.17) is 16.0 Å². The van der Waals surface area contributed by atoms with Crippen LogP contribution in [0.2, 0.25) is 0 Å². The van der Waals surface area contributed by atoms with Gasteiger partial charge in [-0.05, 0) is 24.5 Å². The van der Waals surface area contributed by atoms with Crippen LogP contribution in [0.25, 0.3) is 11.0 Å². The van der Waals surface area contributed by atoms with Crippen LogP contribution in [-0.2, 0) is 19.3 Å². The number of hydrogen-bond donors (Lipinski definition) is 0. The van der Waals surface area contributed by atoms with Crippen molar-refractivity contribution in [2.24, 2.45) is 0 Å².